The minimum Gasteiger partial charge on any atom is -0.487 e. The van der Waals surface area contributed by atoms with Gasteiger partial charge in [0.15, 0.2) is 11.5 Å². The minimum atomic E-state index is -4.06. The Morgan fingerprint density at radius 1 is 0.921 bits per heavy atom. The Bertz CT molecular complexity index is 1410. The Balaban J connectivity index is 1.47. The number of ether oxygens (including phenoxy) is 3. The van der Waals surface area contributed by atoms with Crippen LogP contribution in [0.4, 0.5) is 5.69 Å². The lowest BCUT2D eigenvalue weighted by molar-refractivity contribution is -0.121. The van der Waals surface area contributed by atoms with Gasteiger partial charge in [0.2, 0.25) is 5.91 Å². The number of benzene rings is 3. The van der Waals surface area contributed by atoms with Crippen LogP contribution in [-0.4, -0.2) is 39.7 Å². The van der Waals surface area contributed by atoms with Crippen molar-refractivity contribution in [1.82, 2.24) is 5.32 Å². The molecule has 0 radical (unpaired) electrons. The topological polar surface area (TPSA) is 94.2 Å². The molecule has 1 atom stereocenters. The smallest absolute Gasteiger partial charge is 0.264 e. The van der Waals surface area contributed by atoms with Crippen LogP contribution in [0.1, 0.15) is 44.7 Å². The number of nitrogens with zero attached hydrogens (tertiary/aromatic N) is 1. The van der Waals surface area contributed by atoms with Crippen molar-refractivity contribution in [3.63, 3.8) is 0 Å². The summed E-state index contributed by atoms with van der Waals surface area (Å²) < 4.78 is 46.3. The molecule has 0 aliphatic carbocycles. The number of anilines is 1. The van der Waals surface area contributed by atoms with Gasteiger partial charge >= 0.3 is 0 Å². The summed E-state index contributed by atoms with van der Waals surface area (Å²) in [5, 5.41) is 3.10. The number of para-hydroxylation sites is 1. The molecule has 0 aromatic heterocycles. The van der Waals surface area contributed by atoms with Gasteiger partial charge in [-0.1, -0.05) is 50.2 Å². The Kier molecular flexibility index (Phi) is 7.21. The summed E-state index contributed by atoms with van der Waals surface area (Å²) in [5.74, 6) is 1.31. The number of hydrogen-bond acceptors (Lipinski definition) is 6. The maximum absolute atomic E-state index is 13.8. The molecule has 0 spiro atoms. The van der Waals surface area contributed by atoms with Crippen molar-refractivity contribution in [3.05, 3.63) is 78.4 Å². The van der Waals surface area contributed by atoms with Gasteiger partial charge in [-0.15, -0.1) is 0 Å². The lowest BCUT2D eigenvalue weighted by Gasteiger charge is -2.41. The number of hydrogen-bond donors (Lipinski definition) is 1. The summed E-state index contributed by atoms with van der Waals surface area (Å²) in [6.45, 7) is 4.53. The van der Waals surface area contributed by atoms with Crippen LogP contribution in [0.3, 0.4) is 0 Å². The van der Waals surface area contributed by atoms with Gasteiger partial charge in [-0.05, 0) is 43.2 Å². The first-order valence-corrected chi connectivity index (χ1v) is 14.3. The highest BCUT2D eigenvalue weighted by Crippen LogP contribution is 2.43. The van der Waals surface area contributed by atoms with Crippen molar-refractivity contribution in [2.75, 3.05) is 24.1 Å². The van der Waals surface area contributed by atoms with E-state index in [1.54, 1.807) is 36.4 Å². The SMILES string of the molecule is CCC1(CC)C[C@@H](NC(=O)CN(c2ccc3c(c2)OCCO3)S(=O)(=O)c2ccccc2)c2ccccc2O1. The van der Waals surface area contributed by atoms with Crippen LogP contribution in [-0.2, 0) is 14.8 Å². The molecule has 3 aromatic carbocycles. The summed E-state index contributed by atoms with van der Waals surface area (Å²) in [5.41, 5.74) is 0.796. The number of amides is 1. The fraction of sp³-hybridized carbons (Fsp3) is 0.345. The van der Waals surface area contributed by atoms with Crippen LogP contribution in [0.15, 0.2) is 77.7 Å². The predicted octanol–water partition coefficient (Wildman–Crippen LogP) is 4.85. The van der Waals surface area contributed by atoms with Crippen LogP contribution >= 0.6 is 0 Å². The van der Waals surface area contributed by atoms with Crippen LogP contribution in [0.2, 0.25) is 0 Å². The van der Waals surface area contributed by atoms with Gasteiger partial charge in [-0.3, -0.25) is 9.10 Å². The first-order valence-electron chi connectivity index (χ1n) is 12.9. The maximum Gasteiger partial charge on any atom is 0.264 e. The highest BCUT2D eigenvalue weighted by Gasteiger charge is 2.39. The van der Waals surface area contributed by atoms with Crippen molar-refractivity contribution >= 4 is 21.6 Å². The highest BCUT2D eigenvalue weighted by molar-refractivity contribution is 7.92. The van der Waals surface area contributed by atoms with Crippen molar-refractivity contribution in [1.29, 1.82) is 0 Å². The van der Waals surface area contributed by atoms with Gasteiger partial charge in [0.25, 0.3) is 10.0 Å². The van der Waals surface area contributed by atoms with Gasteiger partial charge in [0, 0.05) is 18.1 Å². The summed E-state index contributed by atoms with van der Waals surface area (Å²) >= 11 is 0. The third-order valence-corrected chi connectivity index (χ3v) is 9.04. The van der Waals surface area contributed by atoms with E-state index in [0.29, 0.717) is 36.8 Å². The largest absolute Gasteiger partial charge is 0.487 e. The number of carbonyl (C=O) groups excluding carboxylic acids is 1. The molecule has 38 heavy (non-hydrogen) atoms. The lowest BCUT2D eigenvalue weighted by Crippen LogP contribution is -2.47. The molecule has 2 aliphatic heterocycles. The van der Waals surface area contributed by atoms with E-state index in [0.717, 1.165) is 28.5 Å². The zero-order valence-corrected chi connectivity index (χ0v) is 22.4. The zero-order valence-electron chi connectivity index (χ0n) is 21.6. The number of fused-ring (bicyclic) bond motifs is 2. The first kappa shape index (κ1) is 25.9. The molecule has 1 N–H and O–H groups in total. The second-order valence-corrected chi connectivity index (χ2v) is 11.4. The fourth-order valence-corrected chi connectivity index (χ4v) is 6.46. The van der Waals surface area contributed by atoms with Gasteiger partial charge in [-0.25, -0.2) is 8.42 Å². The van der Waals surface area contributed by atoms with Crippen molar-refractivity contribution < 1.29 is 27.4 Å². The molecule has 2 aliphatic rings. The quantitative estimate of drug-likeness (QED) is 0.442. The van der Waals surface area contributed by atoms with Gasteiger partial charge in [0.1, 0.15) is 31.1 Å². The fourth-order valence-electron chi connectivity index (χ4n) is 5.02. The van der Waals surface area contributed by atoms with E-state index in [4.69, 9.17) is 14.2 Å². The van der Waals surface area contributed by atoms with Crippen LogP contribution in [0.5, 0.6) is 17.2 Å². The Morgan fingerprint density at radius 3 is 2.34 bits per heavy atom. The van der Waals surface area contributed by atoms with E-state index >= 15 is 0 Å². The Labute approximate surface area is 223 Å². The molecule has 200 valence electrons. The Morgan fingerprint density at radius 2 is 1.61 bits per heavy atom. The van der Waals surface area contributed by atoms with Crippen molar-refractivity contribution in [3.8, 4) is 17.2 Å². The molecule has 0 bridgehead atoms. The summed E-state index contributed by atoms with van der Waals surface area (Å²) in [6, 6.07) is 20.4. The van der Waals surface area contributed by atoms with E-state index in [1.807, 2.05) is 24.3 Å². The molecule has 3 aromatic rings. The van der Waals surface area contributed by atoms with Crippen LogP contribution in [0.25, 0.3) is 0 Å². The van der Waals surface area contributed by atoms with Crippen LogP contribution < -0.4 is 23.8 Å². The molecule has 0 fully saturated rings. The lowest BCUT2D eigenvalue weighted by atomic mass is 9.83. The van der Waals surface area contributed by atoms with Crippen molar-refractivity contribution in [2.45, 2.75) is 49.6 Å². The first-order chi connectivity index (χ1) is 18.3. The van der Waals surface area contributed by atoms with Crippen LogP contribution in [0, 0.1) is 0 Å². The second-order valence-electron chi connectivity index (χ2n) is 9.51. The molecule has 0 unspecified atom stereocenters. The maximum atomic E-state index is 13.8. The number of nitrogens with one attached hydrogen (secondary N) is 1. The molecular weight excluding hydrogens is 504 g/mol. The molecule has 1 amide bonds. The van der Waals surface area contributed by atoms with E-state index in [9.17, 15) is 13.2 Å². The number of sulfonamides is 1. The average molecular weight is 537 g/mol. The van der Waals surface area contributed by atoms with E-state index in [1.165, 1.54) is 12.1 Å². The van der Waals surface area contributed by atoms with E-state index < -0.39 is 28.1 Å². The zero-order chi connectivity index (χ0) is 26.8. The summed E-state index contributed by atoms with van der Waals surface area (Å²) in [6.07, 6.45) is 2.17. The summed E-state index contributed by atoms with van der Waals surface area (Å²) in [7, 11) is -4.06. The third-order valence-electron chi connectivity index (χ3n) is 7.25. The molecule has 5 rings (SSSR count). The minimum absolute atomic E-state index is 0.0927. The standard InChI is InChI=1S/C29H32N2O6S/c1-3-29(4-2)19-24(23-12-8-9-13-25(23)37-29)30-28(32)20-31(38(33,34)22-10-6-5-7-11-22)21-14-15-26-27(18-21)36-17-16-35-26/h5-15,18,24H,3-4,16-17,19-20H2,1-2H3,(H,30,32)/t24-/m1/s1. The van der Waals surface area contributed by atoms with Crippen molar-refractivity contribution in [2.24, 2.45) is 0 Å². The van der Waals surface area contributed by atoms with E-state index in [-0.39, 0.29) is 10.9 Å². The van der Waals surface area contributed by atoms with Gasteiger partial charge in [0.05, 0.1) is 16.6 Å². The Hall–Kier alpha value is -3.72. The van der Waals surface area contributed by atoms with Gasteiger partial charge < -0.3 is 19.5 Å². The molecule has 0 saturated heterocycles. The predicted molar refractivity (Wildman–Crippen MR) is 144 cm³/mol. The number of carbonyl (C=O) groups is 1. The number of rotatable bonds is 8. The third kappa shape index (κ3) is 5.03. The second kappa shape index (κ2) is 10.6. The van der Waals surface area contributed by atoms with E-state index in [2.05, 4.69) is 19.2 Å². The highest BCUT2D eigenvalue weighted by atomic mass is 32.2. The monoisotopic (exact) mass is 536 g/mol. The molecule has 2 heterocycles. The molecule has 8 nitrogen and oxygen atoms in total. The average Bonchev–Trinajstić information content (AvgIpc) is 2.96. The summed E-state index contributed by atoms with van der Waals surface area (Å²) in [4.78, 5) is 13.6. The molecule has 9 heteroatoms. The molecule has 0 saturated carbocycles. The molecular formula is C29H32N2O6S. The normalized spacial score (nSPS) is 17.6. The van der Waals surface area contributed by atoms with Gasteiger partial charge in [-0.2, -0.15) is 0 Å².